The van der Waals surface area contributed by atoms with Gasteiger partial charge in [0.1, 0.15) is 10.8 Å². The van der Waals surface area contributed by atoms with E-state index in [0.717, 1.165) is 15.7 Å². The summed E-state index contributed by atoms with van der Waals surface area (Å²) in [5.74, 6) is 0.00790. The first-order valence-corrected chi connectivity index (χ1v) is 9.40. The highest BCUT2D eigenvalue weighted by Gasteiger charge is 2.17. The van der Waals surface area contributed by atoms with Crippen LogP contribution in [0.15, 0.2) is 52.3 Å². The molecular weight excluding hydrogens is 417 g/mol. The Morgan fingerprint density at radius 2 is 2.04 bits per heavy atom. The van der Waals surface area contributed by atoms with E-state index >= 15 is 0 Å². The van der Waals surface area contributed by atoms with Crippen LogP contribution in [-0.4, -0.2) is 20.0 Å². The quantitative estimate of drug-likeness (QED) is 0.505. The fourth-order valence-corrected chi connectivity index (χ4v) is 3.73. The number of aromatic nitrogens is 4. The lowest BCUT2D eigenvalue weighted by atomic mass is 10.2. The van der Waals surface area contributed by atoms with Crippen molar-refractivity contribution in [2.45, 2.75) is 6.92 Å². The molecule has 2 aromatic heterocycles. The second kappa shape index (κ2) is 6.62. The highest BCUT2D eigenvalue weighted by molar-refractivity contribution is 9.10. The number of benzene rings is 2. The van der Waals surface area contributed by atoms with E-state index in [1.165, 1.54) is 22.1 Å². The number of nitrogens with zero attached hydrogens (tertiary/aromatic N) is 4. The maximum Gasteiger partial charge on any atom is 0.165 e. The highest BCUT2D eigenvalue weighted by Crippen LogP contribution is 2.32. The molecule has 4 rings (SSSR count). The number of anilines is 1. The summed E-state index contributed by atoms with van der Waals surface area (Å²) in [6, 6.07) is 12.7. The highest BCUT2D eigenvalue weighted by atomic mass is 79.9. The van der Waals surface area contributed by atoms with Crippen LogP contribution in [0.25, 0.3) is 27.6 Å². The molecular formula is C18H13BrFN5S. The van der Waals surface area contributed by atoms with Crippen LogP contribution in [0.1, 0.15) is 5.56 Å². The van der Waals surface area contributed by atoms with Gasteiger partial charge in [-0.2, -0.15) is 4.68 Å². The van der Waals surface area contributed by atoms with Crippen molar-refractivity contribution >= 4 is 33.1 Å². The maximum atomic E-state index is 13.8. The summed E-state index contributed by atoms with van der Waals surface area (Å²) in [6.45, 7) is 1.70. The molecule has 2 aromatic carbocycles. The maximum absolute atomic E-state index is 13.8. The summed E-state index contributed by atoms with van der Waals surface area (Å²) in [5.41, 5.74) is 9.60. The Morgan fingerprint density at radius 1 is 1.19 bits per heavy atom. The first-order chi connectivity index (χ1) is 12.5. The van der Waals surface area contributed by atoms with Crippen molar-refractivity contribution in [3.8, 4) is 27.6 Å². The number of thiazole rings is 1. The Bertz CT molecular complexity index is 1100. The number of rotatable bonds is 3. The summed E-state index contributed by atoms with van der Waals surface area (Å²) < 4.78 is 16.2. The van der Waals surface area contributed by atoms with Gasteiger partial charge in [-0.25, -0.2) is 9.37 Å². The number of hydrogen-bond donors (Lipinski definition) is 1. The molecule has 0 saturated carbocycles. The summed E-state index contributed by atoms with van der Waals surface area (Å²) >= 11 is 4.90. The van der Waals surface area contributed by atoms with E-state index in [2.05, 4.69) is 31.2 Å². The second-order valence-corrected chi connectivity index (χ2v) is 7.49. The van der Waals surface area contributed by atoms with Crippen LogP contribution in [-0.2, 0) is 0 Å². The van der Waals surface area contributed by atoms with Gasteiger partial charge in [-0.15, -0.1) is 16.4 Å². The lowest BCUT2D eigenvalue weighted by Gasteiger charge is -2.04. The van der Waals surface area contributed by atoms with Gasteiger partial charge < -0.3 is 5.73 Å². The number of nitrogens with two attached hydrogens (primary N) is 1. The lowest BCUT2D eigenvalue weighted by molar-refractivity contribution is 0.616. The lowest BCUT2D eigenvalue weighted by Crippen LogP contribution is -2.03. The van der Waals surface area contributed by atoms with E-state index in [9.17, 15) is 4.39 Å². The van der Waals surface area contributed by atoms with Crippen LogP contribution >= 0.6 is 27.3 Å². The van der Waals surface area contributed by atoms with E-state index in [-0.39, 0.29) is 5.82 Å². The summed E-state index contributed by atoms with van der Waals surface area (Å²) in [4.78, 5) is 4.62. The third-order valence-electron chi connectivity index (χ3n) is 3.93. The molecule has 4 aromatic rings. The molecule has 0 aliphatic carbocycles. The number of nitrogen functional groups attached to an aromatic ring is 1. The Balaban J connectivity index is 1.72. The fourth-order valence-electron chi connectivity index (χ4n) is 2.51. The predicted molar refractivity (Wildman–Crippen MR) is 105 cm³/mol. The standard InChI is InChI=1S/C18H13BrFN5S/c1-10-5-6-13(8-14(10)20)25-17(21)16(23-24-25)18-22-15(9-26-18)11-3-2-4-12(19)7-11/h2-9H,21H2,1H3. The minimum absolute atomic E-state index is 0.315. The normalized spacial score (nSPS) is 11.0. The molecule has 0 unspecified atom stereocenters. The van der Waals surface area contributed by atoms with Crippen molar-refractivity contribution in [2.24, 2.45) is 0 Å². The molecule has 8 heteroatoms. The second-order valence-electron chi connectivity index (χ2n) is 5.72. The Hall–Kier alpha value is -2.58. The first-order valence-electron chi connectivity index (χ1n) is 7.72. The van der Waals surface area contributed by atoms with Crippen LogP contribution in [0, 0.1) is 12.7 Å². The monoisotopic (exact) mass is 429 g/mol. The topological polar surface area (TPSA) is 69.6 Å². The molecule has 0 aliphatic rings. The zero-order valence-electron chi connectivity index (χ0n) is 13.6. The Morgan fingerprint density at radius 3 is 2.81 bits per heavy atom. The molecule has 130 valence electrons. The van der Waals surface area contributed by atoms with E-state index in [4.69, 9.17) is 5.73 Å². The van der Waals surface area contributed by atoms with Crippen molar-refractivity contribution in [3.05, 3.63) is 63.7 Å². The van der Waals surface area contributed by atoms with Crippen LogP contribution in [0.2, 0.25) is 0 Å². The third kappa shape index (κ3) is 3.02. The summed E-state index contributed by atoms with van der Waals surface area (Å²) in [6.07, 6.45) is 0. The number of halogens is 2. The van der Waals surface area contributed by atoms with Gasteiger partial charge in [0.15, 0.2) is 11.5 Å². The molecule has 0 fully saturated rings. The van der Waals surface area contributed by atoms with Crippen LogP contribution in [0.5, 0.6) is 0 Å². The SMILES string of the molecule is Cc1ccc(-n2nnc(-c3nc(-c4cccc(Br)c4)cs3)c2N)cc1F. The minimum atomic E-state index is -0.315. The third-order valence-corrected chi connectivity index (χ3v) is 5.27. The van der Waals surface area contributed by atoms with Gasteiger partial charge in [-0.05, 0) is 36.8 Å². The van der Waals surface area contributed by atoms with Gasteiger partial charge >= 0.3 is 0 Å². The Labute approximate surface area is 161 Å². The van der Waals surface area contributed by atoms with Gasteiger partial charge in [-0.1, -0.05) is 39.3 Å². The van der Waals surface area contributed by atoms with Gasteiger partial charge in [0.2, 0.25) is 0 Å². The molecule has 0 spiro atoms. The molecule has 2 N–H and O–H groups in total. The summed E-state index contributed by atoms with van der Waals surface area (Å²) in [7, 11) is 0. The molecule has 26 heavy (non-hydrogen) atoms. The number of hydrogen-bond acceptors (Lipinski definition) is 5. The molecule has 0 bridgehead atoms. The van der Waals surface area contributed by atoms with Gasteiger partial charge in [0.25, 0.3) is 0 Å². The average Bonchev–Trinajstić information content (AvgIpc) is 3.24. The molecule has 0 radical (unpaired) electrons. The molecule has 0 atom stereocenters. The van der Waals surface area contributed by atoms with E-state index in [1.54, 1.807) is 19.1 Å². The molecule has 2 heterocycles. The van der Waals surface area contributed by atoms with Gasteiger partial charge in [0.05, 0.1) is 11.4 Å². The van der Waals surface area contributed by atoms with E-state index < -0.39 is 0 Å². The zero-order chi connectivity index (χ0) is 18.3. The fraction of sp³-hybridized carbons (Fsp3) is 0.0556. The van der Waals surface area contributed by atoms with Crippen LogP contribution in [0.3, 0.4) is 0 Å². The van der Waals surface area contributed by atoms with Crippen molar-refractivity contribution in [1.82, 2.24) is 20.0 Å². The zero-order valence-corrected chi connectivity index (χ0v) is 16.1. The van der Waals surface area contributed by atoms with Crippen molar-refractivity contribution < 1.29 is 4.39 Å². The van der Waals surface area contributed by atoms with Crippen LogP contribution in [0.4, 0.5) is 10.2 Å². The van der Waals surface area contributed by atoms with Gasteiger partial charge in [-0.3, -0.25) is 0 Å². The molecule has 0 amide bonds. The molecule has 0 aliphatic heterocycles. The van der Waals surface area contributed by atoms with Gasteiger partial charge in [0, 0.05) is 15.4 Å². The number of aryl methyl sites for hydroxylation is 1. The predicted octanol–water partition coefficient (Wildman–Crippen LogP) is 4.85. The molecule has 0 saturated heterocycles. The largest absolute Gasteiger partial charge is 0.382 e. The smallest absolute Gasteiger partial charge is 0.165 e. The van der Waals surface area contributed by atoms with Crippen molar-refractivity contribution in [3.63, 3.8) is 0 Å². The van der Waals surface area contributed by atoms with Crippen molar-refractivity contribution in [1.29, 1.82) is 0 Å². The van der Waals surface area contributed by atoms with E-state index in [0.29, 0.717) is 27.8 Å². The molecule has 5 nitrogen and oxygen atoms in total. The van der Waals surface area contributed by atoms with Crippen molar-refractivity contribution in [2.75, 3.05) is 5.73 Å². The summed E-state index contributed by atoms with van der Waals surface area (Å²) in [5, 5.41) is 10.8. The Kier molecular flexibility index (Phi) is 4.29. The minimum Gasteiger partial charge on any atom is -0.382 e. The average molecular weight is 430 g/mol. The first kappa shape index (κ1) is 16.9. The van der Waals surface area contributed by atoms with E-state index in [1.807, 2.05) is 29.6 Å². The van der Waals surface area contributed by atoms with Crippen LogP contribution < -0.4 is 5.73 Å².